The fraction of sp³-hybridized carbons (Fsp3) is 0.625. The molecule has 0 bridgehead atoms. The average molecular weight is 231 g/mol. The summed E-state index contributed by atoms with van der Waals surface area (Å²) in [5, 5.41) is 0. The fourth-order valence-electron chi connectivity index (χ4n) is 2.95. The first-order chi connectivity index (χ1) is 8.18. The van der Waals surface area contributed by atoms with Gasteiger partial charge in [-0.05, 0) is 48.6 Å². The van der Waals surface area contributed by atoms with Gasteiger partial charge in [-0.3, -0.25) is 0 Å². The summed E-state index contributed by atoms with van der Waals surface area (Å²) in [5.41, 5.74) is 9.36. The number of fused-ring (bicyclic) bond motifs is 1. The predicted molar refractivity (Wildman–Crippen MR) is 73.9 cm³/mol. The lowest BCUT2D eigenvalue weighted by atomic mass is 9.86. The van der Waals surface area contributed by atoms with E-state index in [-0.39, 0.29) is 6.04 Å². The van der Waals surface area contributed by atoms with Crippen molar-refractivity contribution >= 4 is 0 Å². The summed E-state index contributed by atoms with van der Waals surface area (Å²) in [4.78, 5) is 0. The van der Waals surface area contributed by atoms with Crippen molar-refractivity contribution in [1.29, 1.82) is 0 Å². The molecule has 2 atom stereocenters. The number of nitrogens with two attached hydrogens (primary N) is 1. The maximum atomic E-state index is 6.48. The third-order valence-corrected chi connectivity index (χ3v) is 4.06. The van der Waals surface area contributed by atoms with E-state index in [4.69, 9.17) is 5.73 Å². The molecule has 1 aromatic carbocycles. The van der Waals surface area contributed by atoms with E-state index in [0.29, 0.717) is 5.92 Å². The lowest BCUT2D eigenvalue weighted by Crippen LogP contribution is -2.21. The summed E-state index contributed by atoms with van der Waals surface area (Å²) in [5.74, 6) is 1.47. The van der Waals surface area contributed by atoms with E-state index in [2.05, 4.69) is 38.1 Å². The Labute approximate surface area is 105 Å². The molecule has 2 N–H and O–H groups in total. The van der Waals surface area contributed by atoms with Crippen LogP contribution in [-0.4, -0.2) is 0 Å². The predicted octanol–water partition coefficient (Wildman–Crippen LogP) is 4.08. The van der Waals surface area contributed by atoms with Crippen LogP contribution < -0.4 is 5.73 Å². The second-order valence-corrected chi connectivity index (χ2v) is 5.85. The summed E-state index contributed by atoms with van der Waals surface area (Å²) >= 11 is 0. The SMILES string of the molecule is CC(C)CCC1CCCc2ccccc2C1N. The highest BCUT2D eigenvalue weighted by atomic mass is 14.7. The van der Waals surface area contributed by atoms with Crippen molar-refractivity contribution in [2.75, 3.05) is 0 Å². The molecule has 1 aromatic rings. The Morgan fingerprint density at radius 2 is 2.06 bits per heavy atom. The summed E-state index contributed by atoms with van der Waals surface area (Å²) < 4.78 is 0. The second-order valence-electron chi connectivity index (χ2n) is 5.85. The molecule has 17 heavy (non-hydrogen) atoms. The summed E-state index contributed by atoms with van der Waals surface area (Å²) in [6, 6.07) is 9.00. The smallest absolute Gasteiger partial charge is 0.0326 e. The maximum absolute atomic E-state index is 6.48. The first-order valence-electron chi connectivity index (χ1n) is 7.02. The quantitative estimate of drug-likeness (QED) is 0.779. The molecule has 1 heteroatoms. The van der Waals surface area contributed by atoms with E-state index >= 15 is 0 Å². The Kier molecular flexibility index (Phi) is 4.22. The van der Waals surface area contributed by atoms with Crippen LogP contribution in [0, 0.1) is 11.8 Å². The molecule has 0 fully saturated rings. The molecule has 0 aromatic heterocycles. The zero-order valence-electron chi connectivity index (χ0n) is 11.2. The van der Waals surface area contributed by atoms with Crippen molar-refractivity contribution in [3.05, 3.63) is 35.4 Å². The average Bonchev–Trinajstić information content (AvgIpc) is 2.47. The molecule has 1 nitrogen and oxygen atoms in total. The van der Waals surface area contributed by atoms with Gasteiger partial charge in [0.25, 0.3) is 0 Å². The Morgan fingerprint density at radius 3 is 2.82 bits per heavy atom. The summed E-state index contributed by atoms with van der Waals surface area (Å²) in [6.07, 6.45) is 6.39. The number of hydrogen-bond acceptors (Lipinski definition) is 1. The molecule has 0 saturated carbocycles. The topological polar surface area (TPSA) is 26.0 Å². The lowest BCUT2D eigenvalue weighted by Gasteiger charge is -2.23. The van der Waals surface area contributed by atoms with Crippen molar-refractivity contribution in [3.63, 3.8) is 0 Å². The van der Waals surface area contributed by atoms with Crippen molar-refractivity contribution in [2.24, 2.45) is 17.6 Å². The van der Waals surface area contributed by atoms with Crippen LogP contribution >= 0.6 is 0 Å². The minimum absolute atomic E-state index is 0.257. The third-order valence-electron chi connectivity index (χ3n) is 4.06. The molecule has 2 unspecified atom stereocenters. The molecule has 0 saturated heterocycles. The Balaban J connectivity index is 2.11. The maximum Gasteiger partial charge on any atom is 0.0326 e. The standard InChI is InChI=1S/C16H25N/c1-12(2)10-11-14-8-5-7-13-6-3-4-9-15(13)16(14)17/h3-4,6,9,12,14,16H,5,7-8,10-11,17H2,1-2H3. The zero-order chi connectivity index (χ0) is 12.3. The first kappa shape index (κ1) is 12.6. The van der Waals surface area contributed by atoms with Gasteiger partial charge in [0.05, 0.1) is 0 Å². The highest BCUT2D eigenvalue weighted by Gasteiger charge is 2.24. The molecule has 0 amide bonds. The van der Waals surface area contributed by atoms with Crippen LogP contribution in [0.5, 0.6) is 0 Å². The number of hydrogen-bond donors (Lipinski definition) is 1. The highest BCUT2D eigenvalue weighted by Crippen LogP contribution is 2.34. The fourth-order valence-corrected chi connectivity index (χ4v) is 2.95. The van der Waals surface area contributed by atoms with Crippen LogP contribution in [0.25, 0.3) is 0 Å². The van der Waals surface area contributed by atoms with Gasteiger partial charge >= 0.3 is 0 Å². The van der Waals surface area contributed by atoms with Gasteiger partial charge in [0.15, 0.2) is 0 Å². The normalized spacial score (nSPS) is 24.5. The molecule has 1 aliphatic carbocycles. The molecule has 0 spiro atoms. The van der Waals surface area contributed by atoms with Crippen molar-refractivity contribution in [1.82, 2.24) is 0 Å². The lowest BCUT2D eigenvalue weighted by molar-refractivity contribution is 0.346. The van der Waals surface area contributed by atoms with E-state index in [1.54, 1.807) is 0 Å². The van der Waals surface area contributed by atoms with Crippen LogP contribution in [0.2, 0.25) is 0 Å². The van der Waals surface area contributed by atoms with Gasteiger partial charge in [-0.15, -0.1) is 0 Å². The Bertz CT molecular complexity index is 356. The van der Waals surface area contributed by atoms with Gasteiger partial charge in [-0.25, -0.2) is 0 Å². The van der Waals surface area contributed by atoms with E-state index in [0.717, 1.165) is 5.92 Å². The third kappa shape index (κ3) is 3.10. The van der Waals surface area contributed by atoms with Gasteiger partial charge in [-0.2, -0.15) is 0 Å². The monoisotopic (exact) mass is 231 g/mol. The van der Waals surface area contributed by atoms with Gasteiger partial charge in [-0.1, -0.05) is 44.5 Å². The van der Waals surface area contributed by atoms with Crippen molar-refractivity contribution in [2.45, 2.75) is 52.0 Å². The van der Waals surface area contributed by atoms with Crippen LogP contribution in [-0.2, 0) is 6.42 Å². The molecule has 0 aliphatic heterocycles. The molecular formula is C16H25N. The minimum Gasteiger partial charge on any atom is -0.324 e. The van der Waals surface area contributed by atoms with Crippen molar-refractivity contribution in [3.8, 4) is 0 Å². The Morgan fingerprint density at radius 1 is 1.29 bits per heavy atom. The van der Waals surface area contributed by atoms with Gasteiger partial charge in [0.1, 0.15) is 0 Å². The first-order valence-corrected chi connectivity index (χ1v) is 7.02. The molecule has 2 rings (SSSR count). The van der Waals surface area contributed by atoms with E-state index in [1.807, 2.05) is 0 Å². The van der Waals surface area contributed by atoms with Crippen LogP contribution in [0.3, 0.4) is 0 Å². The Hall–Kier alpha value is -0.820. The summed E-state index contributed by atoms with van der Waals surface area (Å²) in [6.45, 7) is 4.60. The van der Waals surface area contributed by atoms with Crippen LogP contribution in [0.4, 0.5) is 0 Å². The zero-order valence-corrected chi connectivity index (χ0v) is 11.2. The number of benzene rings is 1. The largest absolute Gasteiger partial charge is 0.324 e. The van der Waals surface area contributed by atoms with Crippen molar-refractivity contribution < 1.29 is 0 Å². The molecular weight excluding hydrogens is 206 g/mol. The van der Waals surface area contributed by atoms with Crippen LogP contribution in [0.1, 0.15) is 56.7 Å². The molecule has 94 valence electrons. The van der Waals surface area contributed by atoms with E-state index < -0.39 is 0 Å². The molecule has 0 heterocycles. The minimum atomic E-state index is 0.257. The highest BCUT2D eigenvalue weighted by molar-refractivity contribution is 5.31. The number of aryl methyl sites for hydroxylation is 1. The van der Waals surface area contributed by atoms with Crippen LogP contribution in [0.15, 0.2) is 24.3 Å². The van der Waals surface area contributed by atoms with Gasteiger partial charge < -0.3 is 5.73 Å². The van der Waals surface area contributed by atoms with E-state index in [9.17, 15) is 0 Å². The number of rotatable bonds is 3. The molecule has 1 aliphatic rings. The second kappa shape index (κ2) is 5.68. The van der Waals surface area contributed by atoms with Gasteiger partial charge in [0.2, 0.25) is 0 Å². The van der Waals surface area contributed by atoms with E-state index in [1.165, 1.54) is 43.2 Å². The summed E-state index contributed by atoms with van der Waals surface area (Å²) in [7, 11) is 0. The molecule has 0 radical (unpaired) electrons. The van der Waals surface area contributed by atoms with Gasteiger partial charge in [0, 0.05) is 6.04 Å².